The quantitative estimate of drug-likeness (QED) is 0.336. The highest BCUT2D eigenvalue weighted by Gasteiger charge is 2.16. The number of nitrogens with one attached hydrogen (secondary N) is 1. The fraction of sp³-hybridized carbons (Fsp3) is 0.179. The molecule has 0 bridgehead atoms. The summed E-state index contributed by atoms with van der Waals surface area (Å²) in [6.07, 6.45) is 3.21. The Kier molecular flexibility index (Phi) is 7.65. The van der Waals surface area contributed by atoms with Gasteiger partial charge in [-0.3, -0.25) is 4.79 Å². The highest BCUT2D eigenvalue weighted by Crippen LogP contribution is 2.22. The maximum absolute atomic E-state index is 13.1. The van der Waals surface area contributed by atoms with E-state index in [0.29, 0.717) is 18.3 Å². The lowest BCUT2D eigenvalue weighted by Crippen LogP contribution is -2.14. The molecule has 0 aliphatic rings. The molecule has 8 heteroatoms. The van der Waals surface area contributed by atoms with E-state index < -0.39 is 0 Å². The molecule has 0 atom stereocenters. The molecule has 0 aliphatic carbocycles. The standard InChI is InChI=1S/C28H29N5O3/c1-32(2)23-12-5-21(6-13-23)19-29-28-30-27(22-10-16-25(36-4)17-11-22)31-33(28)26(34)18-9-20-7-14-24(35-3)15-8-20/h5-18H,19H2,1-4H3,(H,29,30,31). The van der Waals surface area contributed by atoms with Gasteiger partial charge in [0.15, 0.2) is 5.82 Å². The van der Waals surface area contributed by atoms with Gasteiger partial charge in [-0.15, -0.1) is 5.10 Å². The van der Waals surface area contributed by atoms with Gasteiger partial charge in [0, 0.05) is 38.0 Å². The minimum absolute atomic E-state index is 0.316. The van der Waals surface area contributed by atoms with Crippen molar-refractivity contribution in [2.45, 2.75) is 6.54 Å². The monoisotopic (exact) mass is 483 g/mol. The Labute approximate surface area is 210 Å². The average Bonchev–Trinajstić information content (AvgIpc) is 3.35. The van der Waals surface area contributed by atoms with Crippen LogP contribution in [0.5, 0.6) is 11.5 Å². The third kappa shape index (κ3) is 5.90. The largest absolute Gasteiger partial charge is 0.497 e. The van der Waals surface area contributed by atoms with Gasteiger partial charge in [0.25, 0.3) is 5.91 Å². The Bertz CT molecular complexity index is 1330. The van der Waals surface area contributed by atoms with Gasteiger partial charge < -0.3 is 19.7 Å². The highest BCUT2D eigenvalue weighted by molar-refractivity contribution is 5.95. The number of carbonyl (C=O) groups excluding carboxylic acids is 1. The molecule has 0 fully saturated rings. The van der Waals surface area contributed by atoms with E-state index in [1.54, 1.807) is 20.3 Å². The number of anilines is 2. The minimum atomic E-state index is -0.316. The molecule has 4 rings (SSSR count). The lowest BCUT2D eigenvalue weighted by Gasteiger charge is -2.13. The summed E-state index contributed by atoms with van der Waals surface area (Å²) in [6.45, 7) is 0.490. The van der Waals surface area contributed by atoms with Gasteiger partial charge in [0.1, 0.15) is 11.5 Å². The van der Waals surface area contributed by atoms with E-state index in [-0.39, 0.29) is 5.91 Å². The summed E-state index contributed by atoms with van der Waals surface area (Å²) in [5.41, 5.74) is 3.82. The third-order valence-corrected chi connectivity index (χ3v) is 5.60. The van der Waals surface area contributed by atoms with Crippen molar-refractivity contribution in [2.75, 3.05) is 38.5 Å². The molecule has 0 aliphatic heterocycles. The molecule has 8 nitrogen and oxygen atoms in total. The van der Waals surface area contributed by atoms with Crippen LogP contribution in [0.4, 0.5) is 11.6 Å². The van der Waals surface area contributed by atoms with Crippen LogP contribution in [0.15, 0.2) is 78.9 Å². The van der Waals surface area contributed by atoms with Crippen LogP contribution in [0.3, 0.4) is 0 Å². The second-order valence-corrected chi connectivity index (χ2v) is 8.26. The molecule has 3 aromatic carbocycles. The topological polar surface area (TPSA) is 81.5 Å². The van der Waals surface area contributed by atoms with Gasteiger partial charge in [-0.25, -0.2) is 0 Å². The smallest absolute Gasteiger partial charge is 0.274 e. The van der Waals surface area contributed by atoms with Crippen LogP contribution in [0.25, 0.3) is 17.5 Å². The summed E-state index contributed by atoms with van der Waals surface area (Å²) in [7, 11) is 7.23. The van der Waals surface area contributed by atoms with Crippen LogP contribution in [0.2, 0.25) is 0 Å². The molecule has 0 saturated heterocycles. The number of hydrogen-bond donors (Lipinski definition) is 1. The molecular formula is C28H29N5O3. The first-order valence-corrected chi connectivity index (χ1v) is 11.4. The third-order valence-electron chi connectivity index (χ3n) is 5.60. The van der Waals surface area contributed by atoms with E-state index in [0.717, 1.165) is 33.9 Å². The Hall–Kier alpha value is -4.59. The molecule has 0 unspecified atom stereocenters. The zero-order chi connectivity index (χ0) is 25.5. The average molecular weight is 484 g/mol. The summed E-state index contributed by atoms with van der Waals surface area (Å²) in [4.78, 5) is 19.8. The number of hydrogen-bond acceptors (Lipinski definition) is 7. The van der Waals surface area contributed by atoms with Crippen molar-refractivity contribution in [3.63, 3.8) is 0 Å². The van der Waals surface area contributed by atoms with Crippen LogP contribution in [-0.4, -0.2) is 49.0 Å². The fourth-order valence-electron chi connectivity index (χ4n) is 3.49. The summed E-state index contributed by atoms with van der Waals surface area (Å²) in [6, 6.07) is 23.0. The van der Waals surface area contributed by atoms with Gasteiger partial charge in [-0.1, -0.05) is 24.3 Å². The summed E-state index contributed by atoms with van der Waals surface area (Å²) < 4.78 is 11.7. The summed E-state index contributed by atoms with van der Waals surface area (Å²) >= 11 is 0. The van der Waals surface area contributed by atoms with Crippen molar-refractivity contribution < 1.29 is 14.3 Å². The van der Waals surface area contributed by atoms with Gasteiger partial charge in [0.2, 0.25) is 5.95 Å². The van der Waals surface area contributed by atoms with Gasteiger partial charge in [-0.05, 0) is 65.7 Å². The zero-order valence-corrected chi connectivity index (χ0v) is 20.8. The number of aromatic nitrogens is 3. The van der Waals surface area contributed by atoms with Gasteiger partial charge in [0.05, 0.1) is 14.2 Å². The molecular weight excluding hydrogens is 454 g/mol. The maximum Gasteiger partial charge on any atom is 0.274 e. The molecule has 1 aromatic heterocycles. The lowest BCUT2D eigenvalue weighted by molar-refractivity contribution is 0.0957. The Morgan fingerprint density at radius 3 is 2.11 bits per heavy atom. The predicted octanol–water partition coefficient (Wildman–Crippen LogP) is 4.99. The van der Waals surface area contributed by atoms with Crippen molar-refractivity contribution in [2.24, 2.45) is 0 Å². The van der Waals surface area contributed by atoms with E-state index in [9.17, 15) is 4.79 Å². The molecule has 0 saturated carbocycles. The molecule has 184 valence electrons. The number of carbonyl (C=O) groups is 1. The van der Waals surface area contributed by atoms with E-state index >= 15 is 0 Å². The number of ether oxygens (including phenoxy) is 2. The van der Waals surface area contributed by atoms with Gasteiger partial charge >= 0.3 is 0 Å². The Balaban J connectivity index is 1.59. The number of nitrogens with zero attached hydrogens (tertiary/aromatic N) is 4. The summed E-state index contributed by atoms with van der Waals surface area (Å²) in [5.74, 6) is 1.97. The minimum Gasteiger partial charge on any atom is -0.497 e. The van der Waals surface area contributed by atoms with E-state index in [1.807, 2.05) is 91.8 Å². The number of methoxy groups -OCH3 is 2. The molecule has 36 heavy (non-hydrogen) atoms. The zero-order valence-electron chi connectivity index (χ0n) is 20.8. The first-order chi connectivity index (χ1) is 17.5. The van der Waals surface area contributed by atoms with Crippen molar-refractivity contribution >= 4 is 23.6 Å². The summed E-state index contributed by atoms with van der Waals surface area (Å²) in [5, 5.41) is 7.76. The SMILES string of the molecule is COc1ccc(C=CC(=O)n2nc(-c3ccc(OC)cc3)nc2NCc2ccc(N(C)C)cc2)cc1. The van der Waals surface area contributed by atoms with E-state index in [4.69, 9.17) is 9.47 Å². The van der Waals surface area contributed by atoms with Crippen molar-refractivity contribution in [1.82, 2.24) is 14.8 Å². The van der Waals surface area contributed by atoms with Crippen LogP contribution < -0.4 is 19.7 Å². The predicted molar refractivity (Wildman–Crippen MR) is 143 cm³/mol. The molecule has 0 radical (unpaired) electrons. The van der Waals surface area contributed by atoms with Crippen molar-refractivity contribution in [1.29, 1.82) is 0 Å². The Morgan fingerprint density at radius 2 is 1.53 bits per heavy atom. The number of rotatable bonds is 9. The molecule has 1 N–H and O–H groups in total. The van der Waals surface area contributed by atoms with Crippen LogP contribution in [0, 0.1) is 0 Å². The first-order valence-electron chi connectivity index (χ1n) is 11.4. The first kappa shape index (κ1) is 24.5. The molecule has 4 aromatic rings. The van der Waals surface area contributed by atoms with Crippen molar-refractivity contribution in [3.8, 4) is 22.9 Å². The number of benzene rings is 3. The van der Waals surface area contributed by atoms with E-state index in [1.165, 1.54) is 10.8 Å². The number of allylic oxidation sites excluding steroid dienone is 1. The molecule has 0 spiro atoms. The van der Waals surface area contributed by atoms with Crippen LogP contribution >= 0.6 is 0 Å². The van der Waals surface area contributed by atoms with Crippen LogP contribution in [-0.2, 0) is 6.54 Å². The van der Waals surface area contributed by atoms with E-state index in [2.05, 4.69) is 15.4 Å². The molecule has 1 heterocycles. The lowest BCUT2D eigenvalue weighted by atomic mass is 10.2. The second-order valence-electron chi connectivity index (χ2n) is 8.26. The Morgan fingerprint density at radius 1 is 0.917 bits per heavy atom. The fourth-order valence-corrected chi connectivity index (χ4v) is 3.49. The van der Waals surface area contributed by atoms with Crippen molar-refractivity contribution in [3.05, 3.63) is 90.0 Å². The normalized spacial score (nSPS) is 10.9. The van der Waals surface area contributed by atoms with Crippen LogP contribution in [0.1, 0.15) is 15.9 Å². The highest BCUT2D eigenvalue weighted by atomic mass is 16.5. The second kappa shape index (κ2) is 11.2. The van der Waals surface area contributed by atoms with Gasteiger partial charge in [-0.2, -0.15) is 9.67 Å². The maximum atomic E-state index is 13.1. The molecule has 0 amide bonds.